The smallest absolute Gasteiger partial charge is 0.258 e. The molecule has 0 bridgehead atoms. The molecule has 1 heterocycles. The molecule has 1 aliphatic rings. The fourth-order valence-corrected chi connectivity index (χ4v) is 4.95. The van der Waals surface area contributed by atoms with E-state index < -0.39 is 11.8 Å². The Morgan fingerprint density at radius 1 is 0.742 bits per heavy atom. The first-order valence-corrected chi connectivity index (χ1v) is 9.78. The molecule has 0 saturated heterocycles. The van der Waals surface area contributed by atoms with E-state index in [1.807, 2.05) is 24.3 Å². The summed E-state index contributed by atoms with van der Waals surface area (Å²) in [5.41, 5.74) is 1.78. The number of fused-ring (bicyclic) bond motifs is 2. The summed E-state index contributed by atoms with van der Waals surface area (Å²) in [4.78, 5) is 49.3. The molecule has 0 saturated carbocycles. The summed E-state index contributed by atoms with van der Waals surface area (Å²) in [6.45, 7) is 0. The minimum atomic E-state index is -0.414. The van der Waals surface area contributed by atoms with Gasteiger partial charge in [-0.15, -0.1) is 0 Å². The van der Waals surface area contributed by atoms with E-state index >= 15 is 0 Å². The number of carbonyl (C=O) groups is 4. The molecule has 0 fully saturated rings. The zero-order valence-corrected chi connectivity index (χ0v) is 16.3. The van der Waals surface area contributed by atoms with Crippen LogP contribution in [0, 0.1) is 0 Å². The van der Waals surface area contributed by atoms with Crippen LogP contribution in [0.1, 0.15) is 41.4 Å². The van der Waals surface area contributed by atoms with Crippen LogP contribution >= 0.6 is 0 Å². The van der Waals surface area contributed by atoms with Crippen molar-refractivity contribution >= 4 is 67.1 Å². The minimum absolute atomic E-state index is 0.273. The summed E-state index contributed by atoms with van der Waals surface area (Å²) in [6.07, 6.45) is 0.758. The lowest BCUT2D eigenvalue weighted by atomic mass is 9.83. The maximum atomic E-state index is 12.6. The van der Waals surface area contributed by atoms with Gasteiger partial charge in [0.2, 0.25) is 0 Å². The maximum Gasteiger partial charge on any atom is 0.258 e. The first kappa shape index (κ1) is 17.5. The Morgan fingerprint density at radius 2 is 1.26 bits per heavy atom. The second kappa shape index (κ2) is 5.86. The Morgan fingerprint density at radius 3 is 1.81 bits per heavy atom. The highest BCUT2D eigenvalue weighted by Crippen LogP contribution is 2.44. The van der Waals surface area contributed by atoms with Gasteiger partial charge in [-0.2, -0.15) is 0 Å². The third-order valence-corrected chi connectivity index (χ3v) is 6.25. The van der Waals surface area contributed by atoms with Crippen LogP contribution in [0.4, 0.5) is 0 Å². The Kier molecular flexibility index (Phi) is 3.31. The van der Waals surface area contributed by atoms with Gasteiger partial charge in [-0.3, -0.25) is 24.5 Å². The number of nitrogens with one attached hydrogen (secondary N) is 2. The van der Waals surface area contributed by atoms with Crippen molar-refractivity contribution < 1.29 is 19.2 Å². The van der Waals surface area contributed by atoms with E-state index in [2.05, 4.69) is 10.6 Å². The highest BCUT2D eigenvalue weighted by Gasteiger charge is 2.28. The number of benzene rings is 5. The molecule has 0 atom stereocenters. The van der Waals surface area contributed by atoms with Crippen LogP contribution in [0.15, 0.2) is 48.5 Å². The van der Waals surface area contributed by atoms with Gasteiger partial charge in [0.15, 0.2) is 6.29 Å². The van der Waals surface area contributed by atoms with E-state index in [1.54, 1.807) is 31.3 Å². The second-order valence-electron chi connectivity index (χ2n) is 7.66. The molecule has 1 aliphatic heterocycles. The van der Waals surface area contributed by atoms with E-state index in [4.69, 9.17) is 0 Å². The topological polar surface area (TPSA) is 92.3 Å². The number of hydrogen-bond acceptors (Lipinski definition) is 4. The van der Waals surface area contributed by atoms with Crippen molar-refractivity contribution in [1.82, 2.24) is 10.6 Å². The minimum Gasteiger partial charge on any atom is -0.355 e. The molecule has 0 aromatic heterocycles. The maximum absolute atomic E-state index is 12.6. The Balaban J connectivity index is 1.94. The lowest BCUT2D eigenvalue weighted by Gasteiger charge is -2.21. The molecule has 0 unspecified atom stereocenters. The molecular weight excluding hydrogens is 392 g/mol. The second-order valence-corrected chi connectivity index (χ2v) is 7.66. The highest BCUT2D eigenvalue weighted by atomic mass is 16.2. The van der Waals surface area contributed by atoms with E-state index in [0.29, 0.717) is 33.0 Å². The highest BCUT2D eigenvalue weighted by molar-refractivity contribution is 6.39. The van der Waals surface area contributed by atoms with Gasteiger partial charge in [-0.05, 0) is 50.5 Å². The van der Waals surface area contributed by atoms with Gasteiger partial charge >= 0.3 is 0 Å². The predicted molar refractivity (Wildman–Crippen MR) is 118 cm³/mol. The van der Waals surface area contributed by atoms with Gasteiger partial charge in [0, 0.05) is 40.1 Å². The van der Waals surface area contributed by atoms with Crippen molar-refractivity contribution in [2.45, 2.75) is 0 Å². The van der Waals surface area contributed by atoms with Crippen molar-refractivity contribution in [2.75, 3.05) is 7.05 Å². The largest absolute Gasteiger partial charge is 0.355 e. The number of aldehydes is 1. The molecule has 6 nitrogen and oxygen atoms in total. The molecule has 2 N–H and O–H groups in total. The number of imide groups is 1. The predicted octanol–water partition coefficient (Wildman–Crippen LogP) is 3.79. The zero-order chi connectivity index (χ0) is 21.4. The van der Waals surface area contributed by atoms with Crippen LogP contribution in [0.5, 0.6) is 0 Å². The third kappa shape index (κ3) is 2.06. The first-order valence-electron chi connectivity index (χ1n) is 9.78. The molecule has 5 aromatic carbocycles. The van der Waals surface area contributed by atoms with Gasteiger partial charge in [0.1, 0.15) is 0 Å². The monoisotopic (exact) mass is 406 g/mol. The summed E-state index contributed by atoms with van der Waals surface area (Å²) < 4.78 is 0. The number of hydrogen-bond donors (Lipinski definition) is 2. The molecular formula is C25H14N2O4. The molecule has 0 radical (unpaired) electrons. The normalized spacial score (nSPS) is 13.3. The van der Waals surface area contributed by atoms with Crippen LogP contribution in [-0.4, -0.2) is 31.1 Å². The van der Waals surface area contributed by atoms with Crippen LogP contribution in [0.25, 0.3) is 43.1 Å². The lowest BCUT2D eigenvalue weighted by Crippen LogP contribution is -2.34. The van der Waals surface area contributed by atoms with E-state index in [-0.39, 0.29) is 5.91 Å². The molecule has 31 heavy (non-hydrogen) atoms. The Bertz CT molecular complexity index is 1600. The molecule has 0 aliphatic carbocycles. The van der Waals surface area contributed by atoms with Gasteiger partial charge in [-0.25, -0.2) is 0 Å². The summed E-state index contributed by atoms with van der Waals surface area (Å²) in [5.74, 6) is -1.10. The molecule has 6 rings (SSSR count). The van der Waals surface area contributed by atoms with Crippen molar-refractivity contribution in [2.24, 2.45) is 0 Å². The van der Waals surface area contributed by atoms with Crippen molar-refractivity contribution in [3.05, 3.63) is 70.8 Å². The van der Waals surface area contributed by atoms with Crippen molar-refractivity contribution in [3.8, 4) is 0 Å². The Hall–Kier alpha value is -4.32. The SMILES string of the molecule is CNC(=O)c1ccc2c3ccc4c5c(ccc(c6ccc(C=O)c1c62)c53)C(=O)NC4=O. The summed E-state index contributed by atoms with van der Waals surface area (Å²) in [6, 6.07) is 14.3. The first-order chi connectivity index (χ1) is 15.0. The van der Waals surface area contributed by atoms with Crippen molar-refractivity contribution in [3.63, 3.8) is 0 Å². The van der Waals surface area contributed by atoms with Gasteiger partial charge in [-0.1, -0.05) is 30.3 Å². The average Bonchev–Trinajstić information content (AvgIpc) is 2.80. The fourth-order valence-electron chi connectivity index (χ4n) is 4.95. The molecule has 5 aromatic rings. The summed E-state index contributed by atoms with van der Waals surface area (Å²) >= 11 is 0. The van der Waals surface area contributed by atoms with E-state index in [9.17, 15) is 19.2 Å². The number of carbonyl (C=O) groups excluding carboxylic acids is 4. The number of amides is 3. The fraction of sp³-hybridized carbons (Fsp3) is 0.0400. The Labute approximate surface area is 175 Å². The average molecular weight is 406 g/mol. The van der Waals surface area contributed by atoms with E-state index in [1.165, 1.54) is 0 Å². The molecule has 0 spiro atoms. The lowest BCUT2D eigenvalue weighted by molar-refractivity contribution is 0.0843. The third-order valence-electron chi connectivity index (χ3n) is 6.25. The summed E-state index contributed by atoms with van der Waals surface area (Å²) in [7, 11) is 1.55. The molecule has 148 valence electrons. The van der Waals surface area contributed by atoms with Crippen LogP contribution in [-0.2, 0) is 0 Å². The number of rotatable bonds is 2. The van der Waals surface area contributed by atoms with Crippen LogP contribution in [0.3, 0.4) is 0 Å². The van der Waals surface area contributed by atoms with Gasteiger partial charge < -0.3 is 5.32 Å². The van der Waals surface area contributed by atoms with Crippen molar-refractivity contribution in [1.29, 1.82) is 0 Å². The quantitative estimate of drug-likeness (QED) is 0.202. The van der Waals surface area contributed by atoms with E-state index in [0.717, 1.165) is 38.6 Å². The zero-order valence-electron chi connectivity index (χ0n) is 16.3. The van der Waals surface area contributed by atoms with Gasteiger partial charge in [0.25, 0.3) is 17.7 Å². The summed E-state index contributed by atoms with van der Waals surface area (Å²) in [5, 5.41) is 11.3. The van der Waals surface area contributed by atoms with Crippen LogP contribution in [0.2, 0.25) is 0 Å². The molecule has 3 amide bonds. The standard InChI is InChI=1S/C25H14N2O4/c1-26-23(29)16-7-4-13-15-6-9-18-22-17(24(30)27-25(18)31)8-5-14(21(15)22)12-3-2-11(10-28)19(16)20(12)13/h2-10H,1H3,(H,26,29)(H,27,30,31). The van der Waals surface area contributed by atoms with Crippen LogP contribution < -0.4 is 10.6 Å². The molecule has 6 heteroatoms. The van der Waals surface area contributed by atoms with Gasteiger partial charge in [0.05, 0.1) is 0 Å².